The zero-order chi connectivity index (χ0) is 17.0. The Kier molecular flexibility index (Phi) is 5.57. The lowest BCUT2D eigenvalue weighted by molar-refractivity contribution is -0.139. The Morgan fingerprint density at radius 2 is 2.08 bits per heavy atom. The van der Waals surface area contributed by atoms with Crippen LogP contribution in [0.3, 0.4) is 0 Å². The van der Waals surface area contributed by atoms with Gasteiger partial charge in [-0.2, -0.15) is 0 Å². The molecule has 2 fully saturated rings. The van der Waals surface area contributed by atoms with Gasteiger partial charge in [0, 0.05) is 20.1 Å². The molecule has 2 aliphatic rings. The lowest BCUT2D eigenvalue weighted by atomic mass is 9.79. The largest absolute Gasteiger partial charge is 0.393 e. The molecule has 1 heterocycles. The minimum atomic E-state index is -0.301. The van der Waals surface area contributed by atoms with E-state index in [1.165, 1.54) is 5.56 Å². The molecule has 1 saturated carbocycles. The zero-order valence-corrected chi connectivity index (χ0v) is 14.6. The number of carbonyl (C=O) groups excluding carboxylic acids is 1. The van der Waals surface area contributed by atoms with Crippen LogP contribution in [0.5, 0.6) is 0 Å². The van der Waals surface area contributed by atoms with Gasteiger partial charge in [-0.25, -0.2) is 0 Å². The van der Waals surface area contributed by atoms with E-state index in [-0.39, 0.29) is 23.7 Å². The number of methoxy groups -OCH3 is 1. The molecule has 4 nitrogen and oxygen atoms in total. The van der Waals surface area contributed by atoms with Crippen LogP contribution < -0.4 is 0 Å². The van der Waals surface area contributed by atoms with Crippen molar-refractivity contribution in [1.29, 1.82) is 0 Å². The fourth-order valence-corrected chi connectivity index (χ4v) is 4.37. The summed E-state index contributed by atoms with van der Waals surface area (Å²) >= 11 is 0. The second kappa shape index (κ2) is 7.66. The molecule has 0 bridgehead atoms. The van der Waals surface area contributed by atoms with Gasteiger partial charge in [-0.1, -0.05) is 30.3 Å². The zero-order valence-electron chi connectivity index (χ0n) is 14.6. The van der Waals surface area contributed by atoms with Crippen LogP contribution in [-0.2, 0) is 16.0 Å². The van der Waals surface area contributed by atoms with Gasteiger partial charge in [-0.3, -0.25) is 4.79 Å². The fourth-order valence-electron chi connectivity index (χ4n) is 4.37. The van der Waals surface area contributed by atoms with E-state index in [4.69, 9.17) is 4.74 Å². The van der Waals surface area contributed by atoms with E-state index < -0.39 is 0 Å². The molecule has 0 unspecified atom stereocenters. The van der Waals surface area contributed by atoms with Crippen LogP contribution in [0.1, 0.15) is 50.5 Å². The highest BCUT2D eigenvalue weighted by atomic mass is 16.5. The standard InChI is InChI=1S/C20H29NO3/c1-24-20-12-11-17(22)15-18(20)21(14-13-20)19(23)10-6-5-9-16-7-3-2-4-8-16/h2-4,7-8,17-18,22H,5-6,9-15H2,1H3/t17-,18+,20-/m0/s1. The van der Waals surface area contributed by atoms with Gasteiger partial charge in [-0.05, 0) is 50.5 Å². The quantitative estimate of drug-likeness (QED) is 0.816. The average molecular weight is 331 g/mol. The summed E-state index contributed by atoms with van der Waals surface area (Å²) in [6.45, 7) is 0.767. The molecule has 0 spiro atoms. The van der Waals surface area contributed by atoms with Crippen LogP contribution in [0.25, 0.3) is 0 Å². The van der Waals surface area contributed by atoms with Gasteiger partial charge in [0.15, 0.2) is 0 Å². The van der Waals surface area contributed by atoms with E-state index in [1.54, 1.807) is 7.11 Å². The maximum atomic E-state index is 12.7. The average Bonchev–Trinajstić information content (AvgIpc) is 2.99. The van der Waals surface area contributed by atoms with Crippen molar-refractivity contribution in [2.45, 2.75) is 69.1 Å². The Morgan fingerprint density at radius 1 is 1.29 bits per heavy atom. The molecule has 4 heteroatoms. The Morgan fingerprint density at radius 3 is 2.83 bits per heavy atom. The van der Waals surface area contributed by atoms with Crippen LogP contribution in [0.15, 0.2) is 30.3 Å². The Balaban J connectivity index is 1.50. The summed E-state index contributed by atoms with van der Waals surface area (Å²) in [5.41, 5.74) is 1.11. The highest BCUT2D eigenvalue weighted by Gasteiger charge is 2.52. The molecular formula is C20H29NO3. The fraction of sp³-hybridized carbons (Fsp3) is 0.650. The number of likely N-dealkylation sites (tertiary alicyclic amines) is 1. The smallest absolute Gasteiger partial charge is 0.222 e. The number of rotatable bonds is 6. The monoisotopic (exact) mass is 331 g/mol. The van der Waals surface area contributed by atoms with Crippen LogP contribution in [0.2, 0.25) is 0 Å². The second-order valence-corrected chi connectivity index (χ2v) is 7.24. The number of unbranched alkanes of at least 4 members (excludes halogenated alkanes) is 1. The summed E-state index contributed by atoms with van der Waals surface area (Å²) in [5, 5.41) is 10.0. The molecule has 1 aliphatic carbocycles. The van der Waals surface area contributed by atoms with E-state index in [2.05, 4.69) is 24.3 Å². The first-order chi connectivity index (χ1) is 11.6. The Hall–Kier alpha value is -1.39. The number of fused-ring (bicyclic) bond motifs is 1. The number of carbonyl (C=O) groups is 1. The van der Waals surface area contributed by atoms with Crippen molar-refractivity contribution in [3.8, 4) is 0 Å². The van der Waals surface area contributed by atoms with Crippen molar-refractivity contribution in [2.24, 2.45) is 0 Å². The highest BCUT2D eigenvalue weighted by Crippen LogP contribution is 2.42. The molecule has 1 saturated heterocycles. The first-order valence-electron chi connectivity index (χ1n) is 9.21. The molecular weight excluding hydrogens is 302 g/mol. The van der Waals surface area contributed by atoms with Crippen molar-refractivity contribution in [1.82, 2.24) is 4.90 Å². The summed E-state index contributed by atoms with van der Waals surface area (Å²) < 4.78 is 5.81. The van der Waals surface area contributed by atoms with E-state index in [0.717, 1.165) is 45.1 Å². The summed E-state index contributed by atoms with van der Waals surface area (Å²) in [6, 6.07) is 10.5. The first-order valence-corrected chi connectivity index (χ1v) is 9.21. The second-order valence-electron chi connectivity index (χ2n) is 7.24. The number of aliphatic hydroxyl groups excluding tert-OH is 1. The van der Waals surface area contributed by atoms with Crippen molar-refractivity contribution >= 4 is 5.91 Å². The van der Waals surface area contributed by atoms with E-state index >= 15 is 0 Å². The maximum absolute atomic E-state index is 12.7. The van der Waals surface area contributed by atoms with Gasteiger partial charge >= 0.3 is 0 Å². The van der Waals surface area contributed by atoms with Gasteiger partial charge in [-0.15, -0.1) is 0 Å². The first kappa shape index (κ1) is 17.4. The van der Waals surface area contributed by atoms with Crippen molar-refractivity contribution in [3.05, 3.63) is 35.9 Å². The van der Waals surface area contributed by atoms with E-state index in [9.17, 15) is 9.90 Å². The lowest BCUT2D eigenvalue weighted by Gasteiger charge is -2.42. The van der Waals surface area contributed by atoms with Crippen molar-refractivity contribution in [2.75, 3.05) is 13.7 Å². The Labute approximate surface area is 144 Å². The number of aliphatic hydroxyl groups is 1. The van der Waals surface area contributed by atoms with Crippen LogP contribution in [0.4, 0.5) is 0 Å². The summed E-state index contributed by atoms with van der Waals surface area (Å²) in [5.74, 6) is 0.223. The minimum absolute atomic E-state index is 0.0490. The minimum Gasteiger partial charge on any atom is -0.393 e. The number of benzene rings is 1. The molecule has 1 aromatic rings. The van der Waals surface area contributed by atoms with Crippen LogP contribution in [-0.4, -0.2) is 47.3 Å². The van der Waals surface area contributed by atoms with Crippen molar-refractivity contribution < 1.29 is 14.6 Å². The van der Waals surface area contributed by atoms with E-state index in [0.29, 0.717) is 12.8 Å². The van der Waals surface area contributed by atoms with Gasteiger partial charge in [0.25, 0.3) is 0 Å². The molecule has 3 atom stereocenters. The number of ether oxygens (including phenoxy) is 1. The van der Waals surface area contributed by atoms with Crippen LogP contribution >= 0.6 is 0 Å². The molecule has 1 aliphatic heterocycles. The molecule has 0 radical (unpaired) electrons. The number of nitrogens with zero attached hydrogens (tertiary/aromatic N) is 1. The molecule has 24 heavy (non-hydrogen) atoms. The molecule has 132 valence electrons. The molecule has 1 aromatic carbocycles. The van der Waals surface area contributed by atoms with E-state index in [1.807, 2.05) is 11.0 Å². The van der Waals surface area contributed by atoms with Crippen LogP contribution in [0, 0.1) is 0 Å². The van der Waals surface area contributed by atoms with Gasteiger partial charge in [0.1, 0.15) is 0 Å². The summed E-state index contributed by atoms with van der Waals surface area (Å²) in [4.78, 5) is 14.6. The SMILES string of the molecule is CO[C@]12CC[C@H](O)C[C@H]1N(C(=O)CCCCc1ccccc1)CC2. The third-order valence-corrected chi connectivity index (χ3v) is 5.83. The predicted molar refractivity (Wildman–Crippen MR) is 93.7 cm³/mol. The predicted octanol–water partition coefficient (Wildman–Crippen LogP) is 2.93. The number of hydrogen-bond donors (Lipinski definition) is 1. The third kappa shape index (κ3) is 3.65. The molecule has 1 N–H and O–H groups in total. The lowest BCUT2D eigenvalue weighted by Crippen LogP contribution is -2.52. The maximum Gasteiger partial charge on any atom is 0.222 e. The summed E-state index contributed by atoms with van der Waals surface area (Å²) in [7, 11) is 1.75. The number of aryl methyl sites for hydroxylation is 1. The van der Waals surface area contributed by atoms with Gasteiger partial charge in [0.05, 0.1) is 17.7 Å². The highest BCUT2D eigenvalue weighted by molar-refractivity contribution is 5.77. The van der Waals surface area contributed by atoms with Gasteiger partial charge < -0.3 is 14.7 Å². The summed E-state index contributed by atoms with van der Waals surface area (Å²) in [6.07, 6.45) is 6.46. The normalized spacial score (nSPS) is 29.5. The topological polar surface area (TPSA) is 49.8 Å². The molecule has 3 rings (SSSR count). The molecule has 0 aromatic heterocycles. The van der Waals surface area contributed by atoms with Gasteiger partial charge in [0.2, 0.25) is 5.91 Å². The molecule has 1 amide bonds. The number of hydrogen-bond acceptors (Lipinski definition) is 3. The number of amides is 1. The third-order valence-electron chi connectivity index (χ3n) is 5.83. The van der Waals surface area contributed by atoms with Crippen molar-refractivity contribution in [3.63, 3.8) is 0 Å². The Bertz CT molecular complexity index is 547.